The quantitative estimate of drug-likeness (QED) is 0.168. The maximum atomic E-state index is 2.29. The average molecular weight is 579 g/mol. The highest BCUT2D eigenvalue weighted by molar-refractivity contribution is 5.79. The maximum absolute atomic E-state index is 2.29. The Kier molecular flexibility index (Phi) is 8.19. The summed E-state index contributed by atoms with van der Waals surface area (Å²) in [5, 5.41) is 0. The minimum atomic E-state index is 0.888. The molecule has 0 saturated heterocycles. The first kappa shape index (κ1) is 27.9. The Labute approximate surface area is 266 Å². The number of benzene rings is 7. The van der Waals surface area contributed by atoms with Gasteiger partial charge in [0, 0.05) is 34.1 Å². The Bertz CT molecular complexity index is 1840. The third-order valence-electron chi connectivity index (χ3n) is 8.07. The highest BCUT2D eigenvalue weighted by Gasteiger charge is 2.13. The molecule has 0 bridgehead atoms. The molecule has 0 unspecified atom stereocenters. The fourth-order valence-electron chi connectivity index (χ4n) is 5.82. The molecule has 0 N–H and O–H groups in total. The second-order valence-electron chi connectivity index (χ2n) is 11.1. The van der Waals surface area contributed by atoms with Crippen molar-refractivity contribution in [2.45, 2.75) is 6.42 Å². The van der Waals surface area contributed by atoms with Gasteiger partial charge in [-0.15, -0.1) is 0 Å². The van der Waals surface area contributed by atoms with E-state index < -0.39 is 0 Å². The van der Waals surface area contributed by atoms with Crippen LogP contribution in [-0.4, -0.2) is 0 Å². The van der Waals surface area contributed by atoms with E-state index in [2.05, 4.69) is 204 Å². The van der Waals surface area contributed by atoms with Crippen LogP contribution in [0.15, 0.2) is 194 Å². The Morgan fingerprint density at radius 3 is 0.822 bits per heavy atom. The third kappa shape index (κ3) is 6.41. The molecule has 7 aromatic rings. The molecule has 0 saturated carbocycles. The molecular formula is C43H34N2. The van der Waals surface area contributed by atoms with Crippen molar-refractivity contribution >= 4 is 34.1 Å². The van der Waals surface area contributed by atoms with E-state index in [9.17, 15) is 0 Å². The lowest BCUT2D eigenvalue weighted by Gasteiger charge is -2.25. The monoisotopic (exact) mass is 578 g/mol. The molecule has 7 aromatic carbocycles. The van der Waals surface area contributed by atoms with E-state index in [-0.39, 0.29) is 0 Å². The summed E-state index contributed by atoms with van der Waals surface area (Å²) in [4.78, 5) is 4.58. The topological polar surface area (TPSA) is 6.48 Å². The van der Waals surface area contributed by atoms with Crippen LogP contribution < -0.4 is 9.80 Å². The van der Waals surface area contributed by atoms with Crippen molar-refractivity contribution in [1.82, 2.24) is 0 Å². The second-order valence-corrected chi connectivity index (χ2v) is 11.1. The van der Waals surface area contributed by atoms with E-state index in [1.54, 1.807) is 0 Å². The Morgan fingerprint density at radius 1 is 0.244 bits per heavy atom. The first-order valence-electron chi connectivity index (χ1n) is 15.4. The van der Waals surface area contributed by atoms with Gasteiger partial charge in [-0.3, -0.25) is 0 Å². The molecule has 0 aliphatic heterocycles. The first-order valence-corrected chi connectivity index (χ1v) is 15.4. The number of para-hydroxylation sites is 4. The molecule has 0 aliphatic carbocycles. The molecule has 216 valence electrons. The summed E-state index contributed by atoms with van der Waals surface area (Å²) < 4.78 is 0. The lowest BCUT2D eigenvalue weighted by molar-refractivity contribution is 1.18. The third-order valence-corrected chi connectivity index (χ3v) is 8.07. The van der Waals surface area contributed by atoms with Crippen LogP contribution in [0.3, 0.4) is 0 Å². The highest BCUT2D eigenvalue weighted by Crippen LogP contribution is 2.36. The van der Waals surface area contributed by atoms with E-state index >= 15 is 0 Å². The summed E-state index contributed by atoms with van der Waals surface area (Å²) in [6.45, 7) is 0. The van der Waals surface area contributed by atoms with Crippen molar-refractivity contribution in [3.05, 3.63) is 205 Å². The zero-order chi connectivity index (χ0) is 30.3. The molecule has 0 heterocycles. The summed E-state index contributed by atoms with van der Waals surface area (Å²) in [6.07, 6.45) is 0.888. The van der Waals surface area contributed by atoms with Gasteiger partial charge in [-0.05, 0) is 101 Å². The molecule has 0 radical (unpaired) electrons. The van der Waals surface area contributed by atoms with Crippen LogP contribution >= 0.6 is 0 Å². The van der Waals surface area contributed by atoms with Gasteiger partial charge in [0.25, 0.3) is 0 Å². The minimum Gasteiger partial charge on any atom is -0.311 e. The van der Waals surface area contributed by atoms with Gasteiger partial charge in [0.2, 0.25) is 0 Å². The predicted octanol–water partition coefficient (Wildman–Crippen LogP) is 11.9. The zero-order valence-electron chi connectivity index (χ0n) is 25.1. The van der Waals surface area contributed by atoms with Crippen molar-refractivity contribution in [3.8, 4) is 11.1 Å². The zero-order valence-corrected chi connectivity index (χ0v) is 25.1. The predicted molar refractivity (Wildman–Crippen MR) is 190 cm³/mol. The van der Waals surface area contributed by atoms with E-state index in [0.717, 1.165) is 40.5 Å². The minimum absolute atomic E-state index is 0.888. The van der Waals surface area contributed by atoms with Gasteiger partial charge in [0.05, 0.1) is 0 Å². The largest absolute Gasteiger partial charge is 0.311 e. The lowest BCUT2D eigenvalue weighted by Crippen LogP contribution is -2.09. The summed E-state index contributed by atoms with van der Waals surface area (Å²) in [7, 11) is 0. The van der Waals surface area contributed by atoms with Crippen molar-refractivity contribution in [3.63, 3.8) is 0 Å². The molecule has 0 aromatic heterocycles. The second kappa shape index (κ2) is 13.2. The van der Waals surface area contributed by atoms with Gasteiger partial charge in [-0.25, -0.2) is 0 Å². The summed E-state index contributed by atoms with van der Waals surface area (Å²) in [6, 6.07) is 68.8. The maximum Gasteiger partial charge on any atom is 0.0462 e. The Balaban J connectivity index is 1.07. The highest BCUT2D eigenvalue weighted by atomic mass is 15.1. The molecule has 2 heteroatoms. The van der Waals surface area contributed by atoms with Crippen LogP contribution in [0.1, 0.15) is 11.1 Å². The fraction of sp³-hybridized carbons (Fsp3) is 0.0233. The molecule has 0 atom stereocenters. The number of anilines is 6. The first-order chi connectivity index (χ1) is 22.3. The molecule has 0 aliphatic rings. The van der Waals surface area contributed by atoms with Crippen molar-refractivity contribution in [2.75, 3.05) is 9.80 Å². The Hall–Kier alpha value is -5.86. The standard InChI is InChI=1S/C43H34N2/c1-5-13-38(14-6-1)44(39-15-7-2-8-16-39)42-29-23-35(24-30-42)33-34-21-25-36(26-22-34)37-27-31-43(32-28-37)45(40-17-9-3-10-18-40)41-19-11-4-12-20-41/h1-32H,33H2. The van der Waals surface area contributed by atoms with Crippen molar-refractivity contribution in [1.29, 1.82) is 0 Å². The van der Waals surface area contributed by atoms with Crippen LogP contribution in [0.2, 0.25) is 0 Å². The number of nitrogens with zero attached hydrogens (tertiary/aromatic N) is 2. The molecule has 7 rings (SSSR count). The number of hydrogen-bond acceptors (Lipinski definition) is 2. The molecular weight excluding hydrogens is 544 g/mol. The van der Waals surface area contributed by atoms with Gasteiger partial charge in [-0.1, -0.05) is 121 Å². The summed E-state index contributed by atoms with van der Waals surface area (Å²) >= 11 is 0. The molecule has 0 amide bonds. The van der Waals surface area contributed by atoms with E-state index in [1.165, 1.54) is 22.3 Å². The van der Waals surface area contributed by atoms with Crippen molar-refractivity contribution < 1.29 is 0 Å². The van der Waals surface area contributed by atoms with Gasteiger partial charge >= 0.3 is 0 Å². The Morgan fingerprint density at radius 2 is 0.489 bits per heavy atom. The van der Waals surface area contributed by atoms with Gasteiger partial charge in [0.15, 0.2) is 0 Å². The van der Waals surface area contributed by atoms with Crippen LogP contribution in [0.5, 0.6) is 0 Å². The van der Waals surface area contributed by atoms with E-state index in [4.69, 9.17) is 0 Å². The smallest absolute Gasteiger partial charge is 0.0462 e. The fourth-order valence-corrected chi connectivity index (χ4v) is 5.82. The van der Waals surface area contributed by atoms with Gasteiger partial charge < -0.3 is 9.80 Å². The normalized spacial score (nSPS) is 10.8. The van der Waals surface area contributed by atoms with Crippen molar-refractivity contribution in [2.24, 2.45) is 0 Å². The van der Waals surface area contributed by atoms with Gasteiger partial charge in [-0.2, -0.15) is 0 Å². The molecule has 0 spiro atoms. The lowest BCUT2D eigenvalue weighted by atomic mass is 9.99. The summed E-state index contributed by atoms with van der Waals surface area (Å²) in [5.41, 5.74) is 11.9. The number of hydrogen-bond donors (Lipinski definition) is 0. The SMILES string of the molecule is c1ccc(N(c2ccccc2)c2ccc(Cc3ccc(-c4ccc(N(c5ccccc5)c5ccccc5)cc4)cc3)cc2)cc1. The van der Waals surface area contributed by atoms with E-state index in [0.29, 0.717) is 0 Å². The van der Waals surface area contributed by atoms with Crippen LogP contribution in [-0.2, 0) is 6.42 Å². The van der Waals surface area contributed by atoms with Crippen LogP contribution in [0.4, 0.5) is 34.1 Å². The molecule has 45 heavy (non-hydrogen) atoms. The molecule has 0 fully saturated rings. The molecule has 2 nitrogen and oxygen atoms in total. The number of rotatable bonds is 9. The van der Waals surface area contributed by atoms with Crippen LogP contribution in [0, 0.1) is 0 Å². The van der Waals surface area contributed by atoms with Gasteiger partial charge in [0.1, 0.15) is 0 Å². The van der Waals surface area contributed by atoms with Crippen LogP contribution in [0.25, 0.3) is 11.1 Å². The van der Waals surface area contributed by atoms with E-state index in [1.807, 2.05) is 0 Å². The average Bonchev–Trinajstić information content (AvgIpc) is 3.12. The summed E-state index contributed by atoms with van der Waals surface area (Å²) in [5.74, 6) is 0.